The van der Waals surface area contributed by atoms with E-state index in [4.69, 9.17) is 14.2 Å². The van der Waals surface area contributed by atoms with Crippen LogP contribution in [-0.2, 0) is 27.2 Å². The molecule has 0 aromatic heterocycles. The Morgan fingerprint density at radius 3 is 2.80 bits per heavy atom. The Morgan fingerprint density at radius 2 is 2.00 bits per heavy atom. The summed E-state index contributed by atoms with van der Waals surface area (Å²) in [6.07, 6.45) is 5.42. The molecular weight excluding hydrogens is 382 g/mol. The van der Waals surface area contributed by atoms with Crippen LogP contribution in [0.3, 0.4) is 0 Å². The molecule has 0 saturated carbocycles. The molecule has 1 amide bonds. The molecule has 1 aliphatic carbocycles. The van der Waals surface area contributed by atoms with Gasteiger partial charge in [-0.05, 0) is 54.5 Å². The van der Waals surface area contributed by atoms with Crippen LogP contribution in [0.4, 0.5) is 0 Å². The Balaban J connectivity index is 1.46. The third kappa shape index (κ3) is 5.63. The number of carbonyl (C=O) groups excluding carboxylic acids is 2. The van der Waals surface area contributed by atoms with Crippen LogP contribution in [0.1, 0.15) is 35.6 Å². The van der Waals surface area contributed by atoms with Gasteiger partial charge in [-0.15, -0.1) is 6.58 Å². The minimum absolute atomic E-state index is 0.0456. The Morgan fingerprint density at radius 1 is 1.17 bits per heavy atom. The van der Waals surface area contributed by atoms with Gasteiger partial charge in [-0.2, -0.15) is 0 Å². The number of hydrogen-bond donors (Lipinski definition) is 1. The topological polar surface area (TPSA) is 73.9 Å². The second-order valence-corrected chi connectivity index (χ2v) is 7.14. The molecule has 0 aliphatic heterocycles. The molecule has 0 fully saturated rings. The predicted octanol–water partition coefficient (Wildman–Crippen LogP) is 3.54. The number of fused-ring (bicyclic) bond motifs is 1. The standard InChI is InChI=1S/C24H27NO5/c1-3-7-17-12-13-21(22(14-17)28-2)29-16-24(27)30-15-23(26)25-20-11-6-9-18-8-4-5-10-19(18)20/h3-5,8,10,12-14,20H,1,6-7,9,11,15-16H2,2H3,(H,25,26)/t20-/m1/s1. The number of ether oxygens (including phenoxy) is 3. The van der Waals surface area contributed by atoms with Gasteiger partial charge >= 0.3 is 5.97 Å². The molecule has 1 N–H and O–H groups in total. The van der Waals surface area contributed by atoms with Gasteiger partial charge in [-0.3, -0.25) is 4.79 Å². The zero-order valence-electron chi connectivity index (χ0n) is 17.2. The highest BCUT2D eigenvalue weighted by Gasteiger charge is 2.21. The van der Waals surface area contributed by atoms with E-state index in [1.165, 1.54) is 12.7 Å². The summed E-state index contributed by atoms with van der Waals surface area (Å²) in [6.45, 7) is 3.06. The van der Waals surface area contributed by atoms with E-state index in [0.29, 0.717) is 17.9 Å². The fraction of sp³-hybridized carbons (Fsp3) is 0.333. The van der Waals surface area contributed by atoms with E-state index in [9.17, 15) is 9.59 Å². The first-order chi connectivity index (χ1) is 14.6. The van der Waals surface area contributed by atoms with Crippen molar-refractivity contribution in [3.05, 3.63) is 71.8 Å². The molecule has 2 aromatic rings. The smallest absolute Gasteiger partial charge is 0.344 e. The minimum Gasteiger partial charge on any atom is -0.493 e. The van der Waals surface area contributed by atoms with Crippen LogP contribution >= 0.6 is 0 Å². The lowest BCUT2D eigenvalue weighted by Gasteiger charge is -2.26. The summed E-state index contributed by atoms with van der Waals surface area (Å²) in [5.41, 5.74) is 3.42. The van der Waals surface area contributed by atoms with Gasteiger partial charge in [0.1, 0.15) is 0 Å². The summed E-state index contributed by atoms with van der Waals surface area (Å²) in [4.78, 5) is 24.2. The molecule has 0 spiro atoms. The van der Waals surface area contributed by atoms with Crippen LogP contribution in [0, 0.1) is 0 Å². The Labute approximate surface area is 176 Å². The molecule has 0 unspecified atom stereocenters. The second kappa shape index (κ2) is 10.5. The van der Waals surface area contributed by atoms with Crippen LogP contribution in [0.15, 0.2) is 55.1 Å². The van der Waals surface area contributed by atoms with E-state index in [2.05, 4.69) is 18.0 Å². The Hall–Kier alpha value is -3.28. The number of methoxy groups -OCH3 is 1. The van der Waals surface area contributed by atoms with E-state index in [-0.39, 0.29) is 25.2 Å². The molecule has 2 aromatic carbocycles. The maximum Gasteiger partial charge on any atom is 0.344 e. The molecule has 1 atom stereocenters. The minimum atomic E-state index is -0.619. The van der Waals surface area contributed by atoms with E-state index < -0.39 is 5.97 Å². The molecule has 30 heavy (non-hydrogen) atoms. The first-order valence-corrected chi connectivity index (χ1v) is 10.0. The van der Waals surface area contributed by atoms with Crippen molar-refractivity contribution in [2.24, 2.45) is 0 Å². The molecule has 1 aliphatic rings. The first kappa shape index (κ1) is 21.4. The Bertz CT molecular complexity index is 908. The van der Waals surface area contributed by atoms with Gasteiger partial charge in [0.2, 0.25) is 0 Å². The van der Waals surface area contributed by atoms with Crippen molar-refractivity contribution >= 4 is 11.9 Å². The number of benzene rings is 2. The maximum absolute atomic E-state index is 12.2. The van der Waals surface area contributed by atoms with Crippen LogP contribution in [0.5, 0.6) is 11.5 Å². The second-order valence-electron chi connectivity index (χ2n) is 7.14. The van der Waals surface area contributed by atoms with Crippen molar-refractivity contribution in [2.75, 3.05) is 20.3 Å². The monoisotopic (exact) mass is 409 g/mol. The highest BCUT2D eigenvalue weighted by Crippen LogP contribution is 2.29. The van der Waals surface area contributed by atoms with Gasteiger partial charge in [-0.1, -0.05) is 36.4 Å². The summed E-state index contributed by atoms with van der Waals surface area (Å²) < 4.78 is 15.9. The van der Waals surface area contributed by atoms with Crippen molar-refractivity contribution in [2.45, 2.75) is 31.7 Å². The molecule has 158 valence electrons. The number of rotatable bonds is 9. The molecule has 0 saturated heterocycles. The Kier molecular flexibility index (Phi) is 7.49. The highest BCUT2D eigenvalue weighted by molar-refractivity contribution is 5.81. The molecule has 0 heterocycles. The van der Waals surface area contributed by atoms with E-state index in [1.54, 1.807) is 12.1 Å². The van der Waals surface area contributed by atoms with Crippen molar-refractivity contribution < 1.29 is 23.8 Å². The summed E-state index contributed by atoms with van der Waals surface area (Å²) in [5.74, 6) is 0.0178. The number of amides is 1. The predicted molar refractivity (Wildman–Crippen MR) is 114 cm³/mol. The lowest BCUT2D eigenvalue weighted by Crippen LogP contribution is -2.34. The fourth-order valence-electron chi connectivity index (χ4n) is 3.59. The van der Waals surface area contributed by atoms with E-state index in [1.807, 2.05) is 30.3 Å². The van der Waals surface area contributed by atoms with Gasteiger partial charge in [-0.25, -0.2) is 4.79 Å². The SMILES string of the molecule is C=CCc1ccc(OCC(=O)OCC(=O)N[C@@H]2CCCc3ccccc32)c(OC)c1. The number of aryl methyl sites for hydroxylation is 1. The molecule has 0 radical (unpaired) electrons. The van der Waals surface area contributed by atoms with E-state index >= 15 is 0 Å². The number of allylic oxidation sites excluding steroid dienone is 1. The van der Waals surface area contributed by atoms with E-state index in [0.717, 1.165) is 30.4 Å². The molecule has 6 nitrogen and oxygen atoms in total. The summed E-state index contributed by atoms with van der Waals surface area (Å²) >= 11 is 0. The molecule has 6 heteroatoms. The maximum atomic E-state index is 12.2. The van der Waals surface area contributed by atoms with Crippen LogP contribution in [-0.4, -0.2) is 32.2 Å². The van der Waals surface area contributed by atoms with Crippen LogP contribution in [0.25, 0.3) is 0 Å². The summed E-state index contributed by atoms with van der Waals surface area (Å²) in [7, 11) is 1.53. The average molecular weight is 409 g/mol. The molecule has 0 bridgehead atoms. The van der Waals surface area contributed by atoms with Crippen molar-refractivity contribution in [3.8, 4) is 11.5 Å². The van der Waals surface area contributed by atoms with Gasteiger partial charge in [0.25, 0.3) is 5.91 Å². The van der Waals surface area contributed by atoms with Gasteiger partial charge in [0.05, 0.1) is 13.2 Å². The average Bonchev–Trinajstić information content (AvgIpc) is 2.77. The normalized spacial score (nSPS) is 14.9. The number of esters is 1. The first-order valence-electron chi connectivity index (χ1n) is 10.0. The van der Waals surface area contributed by atoms with Crippen molar-refractivity contribution in [1.29, 1.82) is 0 Å². The zero-order chi connectivity index (χ0) is 21.3. The quantitative estimate of drug-likeness (QED) is 0.507. The van der Waals surface area contributed by atoms with Crippen molar-refractivity contribution in [1.82, 2.24) is 5.32 Å². The van der Waals surface area contributed by atoms with Gasteiger partial charge < -0.3 is 19.5 Å². The largest absolute Gasteiger partial charge is 0.493 e. The van der Waals surface area contributed by atoms with Gasteiger partial charge in [0, 0.05) is 0 Å². The van der Waals surface area contributed by atoms with Crippen molar-refractivity contribution in [3.63, 3.8) is 0 Å². The molecular formula is C24H27NO5. The van der Waals surface area contributed by atoms with Crippen LogP contribution in [0.2, 0.25) is 0 Å². The highest BCUT2D eigenvalue weighted by atomic mass is 16.6. The van der Waals surface area contributed by atoms with Crippen LogP contribution < -0.4 is 14.8 Å². The third-order valence-corrected chi connectivity index (χ3v) is 5.02. The number of nitrogens with one attached hydrogen (secondary N) is 1. The zero-order valence-corrected chi connectivity index (χ0v) is 17.2. The molecule has 3 rings (SSSR count). The number of hydrogen-bond acceptors (Lipinski definition) is 5. The number of carbonyl (C=O) groups is 2. The summed E-state index contributed by atoms with van der Waals surface area (Å²) in [5, 5.41) is 2.96. The lowest BCUT2D eigenvalue weighted by atomic mass is 9.88. The lowest BCUT2D eigenvalue weighted by molar-refractivity contribution is -0.150. The fourth-order valence-corrected chi connectivity index (χ4v) is 3.59. The van der Waals surface area contributed by atoms with Gasteiger partial charge in [0.15, 0.2) is 24.7 Å². The third-order valence-electron chi connectivity index (χ3n) is 5.02. The summed E-state index contributed by atoms with van der Waals surface area (Å²) in [6, 6.07) is 13.5.